The Morgan fingerprint density at radius 3 is 2.43 bits per heavy atom. The van der Waals surface area contributed by atoms with Gasteiger partial charge in [-0.3, -0.25) is 0 Å². The summed E-state index contributed by atoms with van der Waals surface area (Å²) < 4.78 is 29.6. The molecular formula is C14H12Br3NO2S. The fraction of sp³-hybridized carbons (Fsp3) is 0.143. The summed E-state index contributed by atoms with van der Waals surface area (Å²) in [5.41, 5.74) is 1.85. The third-order valence-corrected chi connectivity index (χ3v) is 6.57. The van der Waals surface area contributed by atoms with E-state index in [0.29, 0.717) is 4.47 Å². The standard InChI is InChI=1S/C14H12Br3NO2S/c1-9-5-13(17)14(7-12(9)16)21(19,20)18-8-10-3-2-4-11(15)6-10/h2-7,18H,8H2,1H3. The SMILES string of the molecule is Cc1cc(Br)c(S(=O)(=O)NCc2cccc(Br)c2)cc1Br. The molecule has 0 aliphatic rings. The van der Waals surface area contributed by atoms with Crippen molar-refractivity contribution in [1.29, 1.82) is 0 Å². The fourth-order valence-electron chi connectivity index (χ4n) is 1.74. The van der Waals surface area contributed by atoms with Crippen LogP contribution in [0.15, 0.2) is 54.7 Å². The lowest BCUT2D eigenvalue weighted by Crippen LogP contribution is -2.23. The molecule has 0 aromatic heterocycles. The monoisotopic (exact) mass is 495 g/mol. The van der Waals surface area contributed by atoms with Gasteiger partial charge in [0.2, 0.25) is 10.0 Å². The molecule has 0 aliphatic carbocycles. The normalized spacial score (nSPS) is 11.6. The predicted molar refractivity (Wildman–Crippen MR) is 94.7 cm³/mol. The van der Waals surface area contributed by atoms with Crippen molar-refractivity contribution in [2.75, 3.05) is 0 Å². The lowest BCUT2D eigenvalue weighted by Gasteiger charge is -2.10. The Hall–Kier alpha value is -0.210. The van der Waals surface area contributed by atoms with Crippen LogP contribution >= 0.6 is 47.8 Å². The zero-order chi connectivity index (χ0) is 15.6. The highest BCUT2D eigenvalue weighted by atomic mass is 79.9. The average molecular weight is 498 g/mol. The molecule has 0 spiro atoms. The molecule has 0 radical (unpaired) electrons. The van der Waals surface area contributed by atoms with Gasteiger partial charge < -0.3 is 0 Å². The number of sulfonamides is 1. The molecule has 21 heavy (non-hydrogen) atoms. The van der Waals surface area contributed by atoms with Crippen LogP contribution in [0.4, 0.5) is 0 Å². The minimum absolute atomic E-state index is 0.218. The largest absolute Gasteiger partial charge is 0.242 e. The first-order valence-electron chi connectivity index (χ1n) is 5.99. The van der Waals surface area contributed by atoms with E-state index in [1.54, 1.807) is 12.1 Å². The van der Waals surface area contributed by atoms with Gasteiger partial charge in [-0.05, 0) is 58.2 Å². The van der Waals surface area contributed by atoms with Crippen molar-refractivity contribution in [2.45, 2.75) is 18.4 Å². The van der Waals surface area contributed by atoms with Gasteiger partial charge in [0, 0.05) is 20.0 Å². The maximum atomic E-state index is 12.4. The van der Waals surface area contributed by atoms with Crippen molar-refractivity contribution in [3.05, 3.63) is 60.9 Å². The minimum atomic E-state index is -3.58. The van der Waals surface area contributed by atoms with Gasteiger partial charge in [-0.15, -0.1) is 0 Å². The van der Waals surface area contributed by atoms with Crippen molar-refractivity contribution in [3.63, 3.8) is 0 Å². The van der Waals surface area contributed by atoms with Crippen LogP contribution in [0.2, 0.25) is 0 Å². The Morgan fingerprint density at radius 2 is 1.76 bits per heavy atom. The van der Waals surface area contributed by atoms with E-state index >= 15 is 0 Å². The molecule has 2 rings (SSSR count). The van der Waals surface area contributed by atoms with Crippen LogP contribution < -0.4 is 4.72 Å². The van der Waals surface area contributed by atoms with Crippen molar-refractivity contribution >= 4 is 57.8 Å². The summed E-state index contributed by atoms with van der Waals surface area (Å²) in [6.45, 7) is 2.14. The molecule has 0 bridgehead atoms. The summed E-state index contributed by atoms with van der Waals surface area (Å²) in [4.78, 5) is 0.218. The summed E-state index contributed by atoms with van der Waals surface area (Å²) in [6, 6.07) is 10.9. The van der Waals surface area contributed by atoms with Gasteiger partial charge in [-0.25, -0.2) is 13.1 Å². The lowest BCUT2D eigenvalue weighted by molar-refractivity contribution is 0.580. The summed E-state index contributed by atoms with van der Waals surface area (Å²) in [5.74, 6) is 0. The smallest absolute Gasteiger partial charge is 0.207 e. The van der Waals surface area contributed by atoms with E-state index < -0.39 is 10.0 Å². The minimum Gasteiger partial charge on any atom is -0.207 e. The Morgan fingerprint density at radius 1 is 1.05 bits per heavy atom. The van der Waals surface area contributed by atoms with Gasteiger partial charge >= 0.3 is 0 Å². The number of hydrogen-bond donors (Lipinski definition) is 1. The highest BCUT2D eigenvalue weighted by molar-refractivity contribution is 9.11. The molecule has 0 heterocycles. The Bertz CT molecular complexity index is 776. The maximum Gasteiger partial charge on any atom is 0.242 e. The van der Waals surface area contributed by atoms with Crippen LogP contribution in [-0.4, -0.2) is 8.42 Å². The highest BCUT2D eigenvalue weighted by Crippen LogP contribution is 2.28. The van der Waals surface area contributed by atoms with E-state index in [0.717, 1.165) is 20.1 Å². The first-order chi connectivity index (χ1) is 9.79. The summed E-state index contributed by atoms with van der Waals surface area (Å²) >= 11 is 10.0. The average Bonchev–Trinajstić information content (AvgIpc) is 2.41. The second-order valence-electron chi connectivity index (χ2n) is 4.49. The predicted octanol–water partition coefficient (Wildman–Crippen LogP) is 4.76. The number of nitrogens with one attached hydrogen (secondary N) is 1. The third kappa shape index (κ3) is 4.39. The van der Waals surface area contributed by atoms with Crippen molar-refractivity contribution in [2.24, 2.45) is 0 Å². The molecule has 112 valence electrons. The number of aryl methyl sites for hydroxylation is 1. The maximum absolute atomic E-state index is 12.4. The molecule has 7 heteroatoms. The second kappa shape index (κ2) is 6.91. The molecule has 0 amide bonds. The van der Waals surface area contributed by atoms with Crippen LogP contribution in [0.25, 0.3) is 0 Å². The molecule has 2 aromatic rings. The molecule has 3 nitrogen and oxygen atoms in total. The van der Waals surface area contributed by atoms with Crippen molar-refractivity contribution < 1.29 is 8.42 Å². The van der Waals surface area contributed by atoms with Crippen LogP contribution in [0.3, 0.4) is 0 Å². The molecule has 0 atom stereocenters. The summed E-state index contributed by atoms with van der Waals surface area (Å²) in [7, 11) is -3.58. The summed E-state index contributed by atoms with van der Waals surface area (Å²) in [6.07, 6.45) is 0. The molecule has 1 N–H and O–H groups in total. The van der Waals surface area contributed by atoms with E-state index in [9.17, 15) is 8.42 Å². The topological polar surface area (TPSA) is 46.2 Å². The van der Waals surface area contributed by atoms with Crippen molar-refractivity contribution in [3.8, 4) is 0 Å². The van der Waals surface area contributed by atoms with Gasteiger partial charge in [0.05, 0.1) is 4.90 Å². The highest BCUT2D eigenvalue weighted by Gasteiger charge is 2.18. The zero-order valence-corrected chi connectivity index (χ0v) is 16.6. The summed E-state index contributed by atoms with van der Waals surface area (Å²) in [5, 5.41) is 0. The molecule has 0 saturated heterocycles. The van der Waals surface area contributed by atoms with Gasteiger partial charge in [0.1, 0.15) is 0 Å². The third-order valence-electron chi connectivity index (χ3n) is 2.86. The number of rotatable bonds is 4. The molecule has 0 fully saturated rings. The van der Waals surface area contributed by atoms with E-state index in [2.05, 4.69) is 52.5 Å². The van der Waals surface area contributed by atoms with Crippen molar-refractivity contribution in [1.82, 2.24) is 4.72 Å². The Labute approximate surface area is 149 Å². The number of benzene rings is 2. The molecule has 0 saturated carbocycles. The fourth-order valence-corrected chi connectivity index (χ4v) is 4.88. The van der Waals surface area contributed by atoms with Crippen LogP contribution in [-0.2, 0) is 16.6 Å². The van der Waals surface area contributed by atoms with E-state index in [1.807, 2.05) is 31.2 Å². The zero-order valence-electron chi connectivity index (χ0n) is 11.0. The van der Waals surface area contributed by atoms with Gasteiger partial charge in [-0.1, -0.05) is 44.0 Å². The van der Waals surface area contributed by atoms with E-state index in [-0.39, 0.29) is 11.4 Å². The molecule has 0 aliphatic heterocycles. The number of hydrogen-bond acceptors (Lipinski definition) is 2. The Balaban J connectivity index is 2.25. The molecular weight excluding hydrogens is 486 g/mol. The quantitative estimate of drug-likeness (QED) is 0.662. The van der Waals surface area contributed by atoms with Gasteiger partial charge in [0.15, 0.2) is 0 Å². The Kier molecular flexibility index (Phi) is 5.65. The first-order valence-corrected chi connectivity index (χ1v) is 9.85. The molecule has 2 aromatic carbocycles. The van der Waals surface area contributed by atoms with Crippen LogP contribution in [0.5, 0.6) is 0 Å². The van der Waals surface area contributed by atoms with Gasteiger partial charge in [0.25, 0.3) is 0 Å². The van der Waals surface area contributed by atoms with Gasteiger partial charge in [-0.2, -0.15) is 0 Å². The molecule has 0 unspecified atom stereocenters. The van der Waals surface area contributed by atoms with Crippen LogP contribution in [0.1, 0.15) is 11.1 Å². The lowest BCUT2D eigenvalue weighted by atomic mass is 10.2. The number of halogens is 3. The van der Waals surface area contributed by atoms with E-state index in [1.165, 1.54) is 0 Å². The van der Waals surface area contributed by atoms with E-state index in [4.69, 9.17) is 0 Å². The second-order valence-corrected chi connectivity index (χ2v) is 8.85. The first kappa shape index (κ1) is 17.1. The van der Waals surface area contributed by atoms with Crippen LogP contribution in [0, 0.1) is 6.92 Å².